The van der Waals surface area contributed by atoms with Crippen LogP contribution >= 0.6 is 0 Å². The molecule has 2 atom stereocenters. The Morgan fingerprint density at radius 2 is 1.14 bits per heavy atom. The minimum atomic E-state index is -3.05. The molecule has 2 rings (SSSR count). The molecule has 2 aliphatic rings. The summed E-state index contributed by atoms with van der Waals surface area (Å²) in [5, 5.41) is 5.21. The van der Waals surface area contributed by atoms with Gasteiger partial charge in [-0.15, -0.1) is 0 Å². The molecule has 0 aromatic rings. The SMILES string of the molecule is O=C(CCC(=O)NC1CCS(=O)(=O)C1)NC1CCS(=O)(=O)C1. The quantitative estimate of drug-likeness (QED) is 0.612. The fraction of sp³-hybridized carbons (Fsp3) is 0.833. The fourth-order valence-corrected chi connectivity index (χ4v) is 5.99. The third-order valence-electron chi connectivity index (χ3n) is 3.77. The van der Waals surface area contributed by atoms with Gasteiger partial charge in [-0.2, -0.15) is 0 Å². The van der Waals surface area contributed by atoms with Crippen molar-refractivity contribution in [3.05, 3.63) is 0 Å². The average Bonchev–Trinajstić information content (AvgIpc) is 2.89. The molecule has 22 heavy (non-hydrogen) atoms. The van der Waals surface area contributed by atoms with Crippen molar-refractivity contribution in [3.63, 3.8) is 0 Å². The standard InChI is InChI=1S/C12H20N2O6S2/c15-11(13-9-3-5-21(17,18)7-9)1-2-12(16)14-10-4-6-22(19,20)8-10/h9-10H,1-8H2,(H,13,15)(H,14,16). The van der Waals surface area contributed by atoms with Crippen LogP contribution in [0.3, 0.4) is 0 Å². The number of hydrogen-bond donors (Lipinski definition) is 2. The molecule has 0 bridgehead atoms. The molecule has 2 fully saturated rings. The van der Waals surface area contributed by atoms with E-state index in [4.69, 9.17) is 0 Å². The normalized spacial score (nSPS) is 29.1. The van der Waals surface area contributed by atoms with Gasteiger partial charge < -0.3 is 10.6 Å². The van der Waals surface area contributed by atoms with Gasteiger partial charge in [0, 0.05) is 24.9 Å². The third-order valence-corrected chi connectivity index (χ3v) is 7.31. The minimum absolute atomic E-state index is 0.0398. The first-order chi connectivity index (χ1) is 10.2. The van der Waals surface area contributed by atoms with E-state index >= 15 is 0 Å². The van der Waals surface area contributed by atoms with Crippen LogP contribution < -0.4 is 10.6 Å². The topological polar surface area (TPSA) is 126 Å². The van der Waals surface area contributed by atoms with E-state index in [2.05, 4.69) is 10.6 Å². The molecule has 2 saturated heterocycles. The molecule has 0 spiro atoms. The van der Waals surface area contributed by atoms with Gasteiger partial charge in [-0.25, -0.2) is 16.8 Å². The second-order valence-corrected chi connectivity index (χ2v) is 10.3. The maximum absolute atomic E-state index is 11.7. The van der Waals surface area contributed by atoms with Crippen LogP contribution in [0.4, 0.5) is 0 Å². The summed E-state index contributed by atoms with van der Waals surface area (Å²) in [6.45, 7) is 0. The largest absolute Gasteiger partial charge is 0.352 e. The minimum Gasteiger partial charge on any atom is -0.352 e. The summed E-state index contributed by atoms with van der Waals surface area (Å²) >= 11 is 0. The predicted molar refractivity (Wildman–Crippen MR) is 79.6 cm³/mol. The van der Waals surface area contributed by atoms with Gasteiger partial charge in [0.15, 0.2) is 19.7 Å². The Morgan fingerprint density at radius 3 is 1.41 bits per heavy atom. The number of carbonyl (C=O) groups is 2. The van der Waals surface area contributed by atoms with E-state index in [0.29, 0.717) is 12.8 Å². The molecule has 0 aromatic carbocycles. The highest BCUT2D eigenvalue weighted by Crippen LogP contribution is 2.12. The molecule has 0 aliphatic carbocycles. The lowest BCUT2D eigenvalue weighted by Crippen LogP contribution is -2.38. The van der Waals surface area contributed by atoms with Gasteiger partial charge in [0.1, 0.15) is 0 Å². The number of amides is 2. The number of carbonyl (C=O) groups excluding carboxylic acids is 2. The molecule has 0 radical (unpaired) electrons. The van der Waals surface area contributed by atoms with Gasteiger partial charge in [-0.1, -0.05) is 0 Å². The van der Waals surface area contributed by atoms with Crippen molar-refractivity contribution in [1.82, 2.24) is 10.6 Å². The summed E-state index contributed by atoms with van der Waals surface area (Å²) in [7, 11) is -6.10. The molecule has 2 heterocycles. The van der Waals surface area contributed by atoms with Gasteiger partial charge in [-0.3, -0.25) is 9.59 Å². The second-order valence-electron chi connectivity index (χ2n) is 5.83. The summed E-state index contributed by atoms with van der Waals surface area (Å²) in [5.74, 6) is -0.675. The first kappa shape index (κ1) is 17.2. The molecule has 2 N–H and O–H groups in total. The highest BCUT2D eigenvalue weighted by molar-refractivity contribution is 7.91. The van der Waals surface area contributed by atoms with Crippen molar-refractivity contribution in [2.75, 3.05) is 23.0 Å². The first-order valence-corrected chi connectivity index (χ1v) is 10.8. The Kier molecular flexibility index (Phi) is 5.10. The molecule has 2 amide bonds. The smallest absolute Gasteiger partial charge is 0.220 e. The molecular weight excluding hydrogens is 332 g/mol. The van der Waals surface area contributed by atoms with Crippen LogP contribution in [0.15, 0.2) is 0 Å². The van der Waals surface area contributed by atoms with Crippen LogP contribution in [0.2, 0.25) is 0 Å². The van der Waals surface area contributed by atoms with Crippen molar-refractivity contribution in [2.45, 2.75) is 37.8 Å². The van der Waals surface area contributed by atoms with E-state index in [-0.39, 0.29) is 59.8 Å². The lowest BCUT2D eigenvalue weighted by molar-refractivity contribution is -0.127. The molecule has 126 valence electrons. The molecule has 2 unspecified atom stereocenters. The first-order valence-electron chi connectivity index (χ1n) is 7.15. The van der Waals surface area contributed by atoms with Crippen molar-refractivity contribution < 1.29 is 26.4 Å². The second kappa shape index (κ2) is 6.53. The van der Waals surface area contributed by atoms with Crippen LogP contribution in [-0.4, -0.2) is 63.7 Å². The number of rotatable bonds is 5. The van der Waals surface area contributed by atoms with Crippen LogP contribution in [-0.2, 0) is 29.3 Å². The van der Waals surface area contributed by atoms with Crippen LogP contribution in [0, 0.1) is 0 Å². The van der Waals surface area contributed by atoms with Gasteiger partial charge in [0.05, 0.1) is 23.0 Å². The highest BCUT2D eigenvalue weighted by Gasteiger charge is 2.30. The molecular formula is C12H20N2O6S2. The molecule has 10 heteroatoms. The summed E-state index contributed by atoms with van der Waals surface area (Å²) in [6.07, 6.45) is 0.726. The van der Waals surface area contributed by atoms with Gasteiger partial charge in [0.25, 0.3) is 0 Å². The summed E-state index contributed by atoms with van der Waals surface area (Å²) < 4.78 is 45.1. The van der Waals surface area contributed by atoms with Crippen molar-refractivity contribution in [3.8, 4) is 0 Å². The van der Waals surface area contributed by atoms with Crippen molar-refractivity contribution >= 4 is 31.5 Å². The monoisotopic (exact) mass is 352 g/mol. The van der Waals surface area contributed by atoms with Crippen molar-refractivity contribution in [2.24, 2.45) is 0 Å². The lowest BCUT2D eigenvalue weighted by atomic mass is 10.2. The van der Waals surface area contributed by atoms with Gasteiger partial charge >= 0.3 is 0 Å². The molecule has 2 aliphatic heterocycles. The predicted octanol–water partition coefficient (Wildman–Crippen LogP) is -1.63. The molecule has 0 saturated carbocycles. The van der Waals surface area contributed by atoms with Crippen molar-refractivity contribution in [1.29, 1.82) is 0 Å². The fourth-order valence-electron chi connectivity index (χ4n) is 2.64. The zero-order chi connectivity index (χ0) is 16.4. The lowest BCUT2D eigenvalue weighted by Gasteiger charge is -2.12. The van der Waals surface area contributed by atoms with E-state index in [0.717, 1.165) is 0 Å². The maximum atomic E-state index is 11.7. The third kappa shape index (κ3) is 5.24. The maximum Gasteiger partial charge on any atom is 0.220 e. The Hall–Kier alpha value is -1.16. The Bertz CT molecular complexity index is 597. The van der Waals surface area contributed by atoms with E-state index in [1.54, 1.807) is 0 Å². The van der Waals surface area contributed by atoms with Crippen LogP contribution in [0.1, 0.15) is 25.7 Å². The molecule has 8 nitrogen and oxygen atoms in total. The number of hydrogen-bond acceptors (Lipinski definition) is 6. The number of sulfone groups is 2. The summed E-state index contributed by atoms with van der Waals surface area (Å²) in [6, 6.07) is -0.749. The Morgan fingerprint density at radius 1 is 0.773 bits per heavy atom. The zero-order valence-electron chi connectivity index (χ0n) is 12.1. The van der Waals surface area contributed by atoms with E-state index < -0.39 is 19.7 Å². The van der Waals surface area contributed by atoms with E-state index in [1.807, 2.05) is 0 Å². The Labute approximate surface area is 129 Å². The van der Waals surface area contributed by atoms with E-state index in [1.165, 1.54) is 0 Å². The summed E-state index contributed by atoms with van der Waals surface area (Å²) in [4.78, 5) is 23.3. The van der Waals surface area contributed by atoms with Gasteiger partial charge in [-0.05, 0) is 12.8 Å². The zero-order valence-corrected chi connectivity index (χ0v) is 13.7. The van der Waals surface area contributed by atoms with Gasteiger partial charge in [0.2, 0.25) is 11.8 Å². The van der Waals surface area contributed by atoms with Crippen LogP contribution in [0.5, 0.6) is 0 Å². The molecule has 0 aromatic heterocycles. The van der Waals surface area contributed by atoms with E-state index in [9.17, 15) is 26.4 Å². The highest BCUT2D eigenvalue weighted by atomic mass is 32.2. The average molecular weight is 352 g/mol. The van der Waals surface area contributed by atoms with Crippen LogP contribution in [0.25, 0.3) is 0 Å². The Balaban J connectivity index is 1.67. The summed E-state index contributed by atoms with van der Waals surface area (Å²) in [5.41, 5.74) is 0. The number of nitrogens with one attached hydrogen (secondary N) is 2.